The molecule has 0 saturated carbocycles. The van der Waals surface area contributed by atoms with Crippen molar-refractivity contribution in [3.05, 3.63) is 77.7 Å². The van der Waals surface area contributed by atoms with Gasteiger partial charge in [0.1, 0.15) is 0 Å². The van der Waals surface area contributed by atoms with Crippen LogP contribution in [0, 0.1) is 13.8 Å². The Balaban J connectivity index is 2.09. The number of para-hydroxylation sites is 1. The monoisotopic (exact) mass is 262 g/mol. The number of benzene rings is 1. The second kappa shape index (κ2) is 5.33. The molecule has 1 aliphatic rings. The highest BCUT2D eigenvalue weighted by atomic mass is 15.3. The molecule has 1 aromatic heterocycles. The van der Waals surface area contributed by atoms with Gasteiger partial charge < -0.3 is 0 Å². The molecule has 100 valence electrons. The van der Waals surface area contributed by atoms with Crippen LogP contribution in [0.1, 0.15) is 23.4 Å². The summed E-state index contributed by atoms with van der Waals surface area (Å²) in [6.45, 7) is 4.28. The lowest BCUT2D eigenvalue weighted by Gasteiger charge is -2.03. The molecule has 2 heteroatoms. The third-order valence-corrected chi connectivity index (χ3v) is 3.71. The van der Waals surface area contributed by atoms with Crippen molar-refractivity contribution in [2.75, 3.05) is 0 Å². The van der Waals surface area contributed by atoms with E-state index < -0.39 is 0 Å². The van der Waals surface area contributed by atoms with E-state index in [2.05, 4.69) is 56.4 Å². The van der Waals surface area contributed by atoms with Gasteiger partial charge in [-0.15, -0.1) is 0 Å². The average Bonchev–Trinajstić information content (AvgIpc) is 2.69. The molecule has 0 spiro atoms. The standard InChI is InChI=1S/C18H18N2/c1-14-15(2)20(17-12-8-5-9-13-17)19-18(14)16-10-6-3-4-7-11-16/h3-10,12-13H,11H2,1-2H3. The molecule has 1 aliphatic carbocycles. The SMILES string of the molecule is Cc1c(C2=CC=CC=CC2)nn(-c2ccccc2)c1C. The van der Waals surface area contributed by atoms with Crippen LogP contribution < -0.4 is 0 Å². The molecule has 0 unspecified atom stereocenters. The molecule has 0 fully saturated rings. The lowest BCUT2D eigenvalue weighted by Crippen LogP contribution is -1.98. The minimum atomic E-state index is 0.930. The molecule has 0 bridgehead atoms. The summed E-state index contributed by atoms with van der Waals surface area (Å²) in [6.07, 6.45) is 11.5. The summed E-state index contributed by atoms with van der Waals surface area (Å²) in [4.78, 5) is 0. The third-order valence-electron chi connectivity index (χ3n) is 3.71. The lowest BCUT2D eigenvalue weighted by atomic mass is 10.0. The van der Waals surface area contributed by atoms with Crippen LogP contribution in [0.4, 0.5) is 0 Å². The summed E-state index contributed by atoms with van der Waals surface area (Å²) in [5, 5.41) is 4.83. The zero-order chi connectivity index (χ0) is 13.9. The van der Waals surface area contributed by atoms with Gasteiger partial charge in [-0.05, 0) is 43.5 Å². The van der Waals surface area contributed by atoms with Gasteiger partial charge in [0.05, 0.1) is 11.4 Å². The number of hydrogen-bond acceptors (Lipinski definition) is 1. The molecule has 3 rings (SSSR count). The van der Waals surface area contributed by atoms with Crippen LogP contribution in [-0.2, 0) is 0 Å². The first-order valence-corrected chi connectivity index (χ1v) is 6.92. The van der Waals surface area contributed by atoms with E-state index in [1.54, 1.807) is 0 Å². The molecule has 0 saturated heterocycles. The van der Waals surface area contributed by atoms with Crippen LogP contribution in [0.3, 0.4) is 0 Å². The minimum Gasteiger partial charge on any atom is -0.237 e. The number of allylic oxidation sites excluding steroid dienone is 6. The van der Waals surface area contributed by atoms with Crippen molar-refractivity contribution >= 4 is 5.57 Å². The van der Waals surface area contributed by atoms with Crippen molar-refractivity contribution in [1.29, 1.82) is 0 Å². The van der Waals surface area contributed by atoms with Crippen LogP contribution in [0.25, 0.3) is 11.3 Å². The highest BCUT2D eigenvalue weighted by Crippen LogP contribution is 2.26. The van der Waals surface area contributed by atoms with Gasteiger partial charge in [-0.1, -0.05) is 48.6 Å². The van der Waals surface area contributed by atoms with Crippen LogP contribution in [-0.4, -0.2) is 9.78 Å². The van der Waals surface area contributed by atoms with Crippen LogP contribution >= 0.6 is 0 Å². The van der Waals surface area contributed by atoms with Crippen LogP contribution in [0.2, 0.25) is 0 Å². The van der Waals surface area contributed by atoms with E-state index in [4.69, 9.17) is 5.10 Å². The molecule has 2 nitrogen and oxygen atoms in total. The van der Waals surface area contributed by atoms with Gasteiger partial charge in [0, 0.05) is 5.69 Å². The molecular weight excluding hydrogens is 244 g/mol. The molecule has 0 amide bonds. The fourth-order valence-electron chi connectivity index (χ4n) is 2.46. The summed E-state index contributed by atoms with van der Waals surface area (Å²) in [5.74, 6) is 0. The predicted octanol–water partition coefficient (Wildman–Crippen LogP) is 4.39. The Hall–Kier alpha value is -2.35. The van der Waals surface area contributed by atoms with Crippen molar-refractivity contribution in [3.63, 3.8) is 0 Å². The van der Waals surface area contributed by atoms with Crippen molar-refractivity contribution in [2.45, 2.75) is 20.3 Å². The number of rotatable bonds is 2. The fourth-order valence-corrected chi connectivity index (χ4v) is 2.46. The van der Waals surface area contributed by atoms with Gasteiger partial charge >= 0.3 is 0 Å². The van der Waals surface area contributed by atoms with Crippen molar-refractivity contribution in [3.8, 4) is 5.69 Å². The maximum atomic E-state index is 4.83. The first-order valence-electron chi connectivity index (χ1n) is 6.92. The predicted molar refractivity (Wildman–Crippen MR) is 83.9 cm³/mol. The third kappa shape index (κ3) is 2.25. The first kappa shape index (κ1) is 12.7. The maximum absolute atomic E-state index is 4.83. The number of aromatic nitrogens is 2. The van der Waals surface area contributed by atoms with E-state index >= 15 is 0 Å². The van der Waals surface area contributed by atoms with Gasteiger partial charge in [0.2, 0.25) is 0 Å². The first-order chi connectivity index (χ1) is 9.77. The quantitative estimate of drug-likeness (QED) is 0.785. The minimum absolute atomic E-state index is 0.930. The molecule has 2 aromatic rings. The van der Waals surface area contributed by atoms with Gasteiger partial charge in [-0.2, -0.15) is 5.10 Å². The summed E-state index contributed by atoms with van der Waals surface area (Å²) in [5.41, 5.74) is 5.93. The molecule has 0 aliphatic heterocycles. The molecular formula is C18H18N2. The van der Waals surface area contributed by atoms with Gasteiger partial charge in [0.15, 0.2) is 0 Å². The Morgan fingerprint density at radius 2 is 1.80 bits per heavy atom. The van der Waals surface area contributed by atoms with E-state index in [0.717, 1.165) is 17.8 Å². The van der Waals surface area contributed by atoms with Crippen molar-refractivity contribution in [2.24, 2.45) is 0 Å². The zero-order valence-electron chi connectivity index (χ0n) is 11.9. The molecule has 1 heterocycles. The molecule has 0 radical (unpaired) electrons. The highest BCUT2D eigenvalue weighted by Gasteiger charge is 2.14. The van der Waals surface area contributed by atoms with E-state index in [0.29, 0.717) is 0 Å². The summed E-state index contributed by atoms with van der Waals surface area (Å²) in [7, 11) is 0. The van der Waals surface area contributed by atoms with Crippen LogP contribution in [0.5, 0.6) is 0 Å². The van der Waals surface area contributed by atoms with E-state index in [1.807, 2.05) is 22.9 Å². The van der Waals surface area contributed by atoms with Gasteiger partial charge in [-0.3, -0.25) is 0 Å². The Kier molecular flexibility index (Phi) is 3.38. The molecule has 0 atom stereocenters. The number of nitrogens with zero attached hydrogens (tertiary/aromatic N) is 2. The normalized spacial score (nSPS) is 14.2. The molecule has 0 N–H and O–H groups in total. The zero-order valence-corrected chi connectivity index (χ0v) is 11.9. The Labute approximate surface area is 119 Å². The topological polar surface area (TPSA) is 17.8 Å². The Morgan fingerprint density at radius 3 is 2.60 bits per heavy atom. The largest absolute Gasteiger partial charge is 0.237 e. The lowest BCUT2D eigenvalue weighted by molar-refractivity contribution is 0.840. The van der Waals surface area contributed by atoms with Crippen LogP contribution in [0.15, 0.2) is 60.7 Å². The van der Waals surface area contributed by atoms with E-state index in [1.165, 1.54) is 16.8 Å². The van der Waals surface area contributed by atoms with Gasteiger partial charge in [-0.25, -0.2) is 4.68 Å². The highest BCUT2D eigenvalue weighted by molar-refractivity contribution is 5.69. The fraction of sp³-hybridized carbons (Fsp3) is 0.167. The van der Waals surface area contributed by atoms with E-state index in [-0.39, 0.29) is 0 Å². The second-order valence-corrected chi connectivity index (χ2v) is 5.02. The second-order valence-electron chi connectivity index (χ2n) is 5.02. The summed E-state index contributed by atoms with van der Waals surface area (Å²) in [6, 6.07) is 10.3. The van der Waals surface area contributed by atoms with Crippen molar-refractivity contribution < 1.29 is 0 Å². The summed E-state index contributed by atoms with van der Waals surface area (Å²) >= 11 is 0. The molecule has 1 aromatic carbocycles. The number of hydrogen-bond donors (Lipinski definition) is 0. The smallest absolute Gasteiger partial charge is 0.0922 e. The average molecular weight is 262 g/mol. The summed E-state index contributed by atoms with van der Waals surface area (Å²) < 4.78 is 2.03. The molecule has 20 heavy (non-hydrogen) atoms. The maximum Gasteiger partial charge on any atom is 0.0922 e. The Bertz CT molecular complexity index is 701. The van der Waals surface area contributed by atoms with E-state index in [9.17, 15) is 0 Å². The van der Waals surface area contributed by atoms with Crippen molar-refractivity contribution in [1.82, 2.24) is 9.78 Å². The van der Waals surface area contributed by atoms with Gasteiger partial charge in [0.25, 0.3) is 0 Å². The Morgan fingerprint density at radius 1 is 1.00 bits per heavy atom.